The predicted octanol–water partition coefficient (Wildman–Crippen LogP) is 3.54. The first-order chi connectivity index (χ1) is 9.58. The molecule has 1 rings (SSSR count). The number of esters is 1. The lowest BCUT2D eigenvalue weighted by molar-refractivity contribution is -0.116. The first kappa shape index (κ1) is 16.6. The number of carbonyl (C=O) groups is 2. The number of unbranched alkanes of at least 4 members (excludes halogenated alkanes) is 3. The summed E-state index contributed by atoms with van der Waals surface area (Å²) >= 11 is 1.16. The van der Waals surface area contributed by atoms with Gasteiger partial charge in [-0.05, 0) is 20.3 Å². The van der Waals surface area contributed by atoms with Crippen LogP contribution in [0.15, 0.2) is 0 Å². The number of carbonyl (C=O) groups excluding carboxylic acids is 2. The van der Waals surface area contributed by atoms with E-state index >= 15 is 0 Å². The van der Waals surface area contributed by atoms with E-state index in [4.69, 9.17) is 4.74 Å². The van der Waals surface area contributed by atoms with Gasteiger partial charge in [-0.3, -0.25) is 4.79 Å². The molecule has 0 fully saturated rings. The van der Waals surface area contributed by atoms with Crippen LogP contribution < -0.4 is 5.32 Å². The zero-order chi connectivity index (χ0) is 15.0. The number of nitrogens with one attached hydrogen (secondary N) is 1. The Hall–Kier alpha value is -1.43. The number of aromatic nitrogens is 1. The third-order valence-corrected chi connectivity index (χ3v) is 3.81. The Labute approximate surface area is 123 Å². The molecule has 0 saturated carbocycles. The second kappa shape index (κ2) is 8.68. The van der Waals surface area contributed by atoms with Crippen molar-refractivity contribution in [2.45, 2.75) is 52.9 Å². The summed E-state index contributed by atoms with van der Waals surface area (Å²) in [6, 6.07) is 0. The molecule has 0 unspecified atom stereocenters. The van der Waals surface area contributed by atoms with Crippen LogP contribution in [0.3, 0.4) is 0 Å². The number of aryl methyl sites for hydroxylation is 1. The van der Waals surface area contributed by atoms with Crippen molar-refractivity contribution >= 4 is 28.3 Å². The lowest BCUT2D eigenvalue weighted by atomic mass is 10.1. The maximum atomic E-state index is 11.7. The molecule has 20 heavy (non-hydrogen) atoms. The SMILES string of the molecule is CCCCCCC(=O)Nc1nc(C)c(C(=O)OCC)s1. The zero-order valence-corrected chi connectivity index (χ0v) is 13.1. The molecule has 0 aliphatic heterocycles. The summed E-state index contributed by atoms with van der Waals surface area (Å²) in [5.74, 6) is -0.434. The molecular formula is C14H22N2O3S. The van der Waals surface area contributed by atoms with E-state index in [1.54, 1.807) is 13.8 Å². The van der Waals surface area contributed by atoms with Crippen LogP contribution in [0.2, 0.25) is 0 Å². The lowest BCUT2D eigenvalue weighted by Crippen LogP contribution is -2.10. The predicted molar refractivity (Wildman–Crippen MR) is 80.2 cm³/mol. The number of ether oxygens (including phenoxy) is 1. The monoisotopic (exact) mass is 298 g/mol. The van der Waals surface area contributed by atoms with Crippen molar-refractivity contribution in [1.29, 1.82) is 0 Å². The van der Waals surface area contributed by atoms with Gasteiger partial charge in [-0.1, -0.05) is 37.5 Å². The number of hydrogen-bond acceptors (Lipinski definition) is 5. The van der Waals surface area contributed by atoms with Gasteiger partial charge in [0, 0.05) is 6.42 Å². The smallest absolute Gasteiger partial charge is 0.350 e. The fraction of sp³-hybridized carbons (Fsp3) is 0.643. The molecule has 1 heterocycles. The molecule has 1 N–H and O–H groups in total. The van der Waals surface area contributed by atoms with E-state index in [0.29, 0.717) is 28.7 Å². The van der Waals surface area contributed by atoms with E-state index in [1.165, 1.54) is 0 Å². The van der Waals surface area contributed by atoms with E-state index in [-0.39, 0.29) is 11.9 Å². The number of nitrogens with zero attached hydrogens (tertiary/aromatic N) is 1. The number of anilines is 1. The second-order valence-corrected chi connectivity index (χ2v) is 5.51. The van der Waals surface area contributed by atoms with Crippen LogP contribution in [0.4, 0.5) is 5.13 Å². The van der Waals surface area contributed by atoms with E-state index in [9.17, 15) is 9.59 Å². The van der Waals surface area contributed by atoms with Crippen LogP contribution in [-0.4, -0.2) is 23.5 Å². The van der Waals surface area contributed by atoms with Gasteiger partial charge in [0.25, 0.3) is 0 Å². The number of rotatable bonds is 8. The molecule has 0 aliphatic carbocycles. The van der Waals surface area contributed by atoms with E-state index < -0.39 is 0 Å². The Morgan fingerprint density at radius 3 is 2.65 bits per heavy atom. The van der Waals surface area contributed by atoms with Crippen LogP contribution in [-0.2, 0) is 9.53 Å². The Bertz CT molecular complexity index is 457. The Morgan fingerprint density at radius 2 is 2.00 bits per heavy atom. The van der Waals surface area contributed by atoms with Crippen molar-refractivity contribution in [1.82, 2.24) is 4.98 Å². The maximum Gasteiger partial charge on any atom is 0.350 e. The summed E-state index contributed by atoms with van der Waals surface area (Å²) in [5, 5.41) is 3.20. The first-order valence-corrected chi connectivity index (χ1v) is 7.84. The van der Waals surface area contributed by atoms with Gasteiger partial charge in [0.2, 0.25) is 5.91 Å². The standard InChI is InChI=1S/C14H22N2O3S/c1-4-6-7-8-9-11(17)16-14-15-10(3)12(20-14)13(18)19-5-2/h4-9H2,1-3H3,(H,15,16,17). The van der Waals surface area contributed by atoms with Crippen molar-refractivity contribution in [3.05, 3.63) is 10.6 Å². The fourth-order valence-corrected chi connectivity index (χ4v) is 2.61. The van der Waals surface area contributed by atoms with E-state index in [0.717, 1.165) is 37.0 Å². The highest BCUT2D eigenvalue weighted by atomic mass is 32.1. The molecule has 112 valence electrons. The highest BCUT2D eigenvalue weighted by molar-refractivity contribution is 7.17. The number of amides is 1. The molecule has 5 nitrogen and oxygen atoms in total. The average molecular weight is 298 g/mol. The van der Waals surface area contributed by atoms with Crippen molar-refractivity contribution in [3.63, 3.8) is 0 Å². The Morgan fingerprint density at radius 1 is 1.25 bits per heavy atom. The molecule has 1 aromatic heterocycles. The molecule has 0 saturated heterocycles. The van der Waals surface area contributed by atoms with Gasteiger partial charge in [-0.25, -0.2) is 9.78 Å². The highest BCUT2D eigenvalue weighted by Crippen LogP contribution is 2.23. The first-order valence-electron chi connectivity index (χ1n) is 7.02. The quantitative estimate of drug-likeness (QED) is 0.589. The van der Waals surface area contributed by atoms with Gasteiger partial charge < -0.3 is 10.1 Å². The molecule has 0 radical (unpaired) electrons. The summed E-state index contributed by atoms with van der Waals surface area (Å²) < 4.78 is 4.94. The largest absolute Gasteiger partial charge is 0.462 e. The molecule has 0 aliphatic rings. The maximum absolute atomic E-state index is 11.7. The summed E-state index contributed by atoms with van der Waals surface area (Å²) in [4.78, 5) is 28.0. The van der Waals surface area contributed by atoms with Gasteiger partial charge in [-0.2, -0.15) is 0 Å². The average Bonchev–Trinajstić information content (AvgIpc) is 2.76. The summed E-state index contributed by atoms with van der Waals surface area (Å²) in [7, 11) is 0. The van der Waals surface area contributed by atoms with Gasteiger partial charge >= 0.3 is 5.97 Å². The molecule has 0 spiro atoms. The van der Waals surface area contributed by atoms with Gasteiger partial charge in [0.1, 0.15) is 4.88 Å². The van der Waals surface area contributed by atoms with Crippen LogP contribution in [0.1, 0.15) is 61.3 Å². The summed E-state index contributed by atoms with van der Waals surface area (Å²) in [5.41, 5.74) is 0.592. The van der Waals surface area contributed by atoms with Crippen molar-refractivity contribution in [2.24, 2.45) is 0 Å². The van der Waals surface area contributed by atoms with Crippen molar-refractivity contribution < 1.29 is 14.3 Å². The summed E-state index contributed by atoms with van der Waals surface area (Å²) in [6.45, 7) is 5.96. The van der Waals surface area contributed by atoms with Crippen LogP contribution in [0.25, 0.3) is 0 Å². The van der Waals surface area contributed by atoms with Gasteiger partial charge in [0.05, 0.1) is 12.3 Å². The third kappa shape index (κ3) is 5.28. The minimum atomic E-state index is -0.383. The number of hydrogen-bond donors (Lipinski definition) is 1. The molecule has 1 aromatic rings. The van der Waals surface area contributed by atoms with Crippen LogP contribution in [0.5, 0.6) is 0 Å². The highest BCUT2D eigenvalue weighted by Gasteiger charge is 2.17. The molecular weight excluding hydrogens is 276 g/mol. The topological polar surface area (TPSA) is 68.3 Å². The Balaban J connectivity index is 2.50. The van der Waals surface area contributed by atoms with E-state index in [1.807, 2.05) is 0 Å². The van der Waals surface area contributed by atoms with Gasteiger partial charge in [-0.15, -0.1) is 0 Å². The van der Waals surface area contributed by atoms with Crippen LogP contribution in [0, 0.1) is 6.92 Å². The summed E-state index contributed by atoms with van der Waals surface area (Å²) in [6.07, 6.45) is 4.74. The minimum absolute atomic E-state index is 0.0507. The fourth-order valence-electron chi connectivity index (χ4n) is 1.73. The minimum Gasteiger partial charge on any atom is -0.462 e. The number of thiazole rings is 1. The van der Waals surface area contributed by atoms with Crippen molar-refractivity contribution in [2.75, 3.05) is 11.9 Å². The molecule has 0 bridgehead atoms. The Kier molecular flexibility index (Phi) is 7.22. The van der Waals surface area contributed by atoms with Gasteiger partial charge in [0.15, 0.2) is 5.13 Å². The normalized spacial score (nSPS) is 10.3. The zero-order valence-electron chi connectivity index (χ0n) is 12.3. The molecule has 0 atom stereocenters. The lowest BCUT2D eigenvalue weighted by Gasteiger charge is -2.01. The van der Waals surface area contributed by atoms with Crippen molar-refractivity contribution in [3.8, 4) is 0 Å². The molecule has 1 amide bonds. The molecule has 0 aromatic carbocycles. The second-order valence-electron chi connectivity index (χ2n) is 4.51. The van der Waals surface area contributed by atoms with Crippen LogP contribution >= 0.6 is 11.3 Å². The third-order valence-electron chi connectivity index (χ3n) is 2.76. The van der Waals surface area contributed by atoms with E-state index in [2.05, 4.69) is 17.2 Å². The molecule has 6 heteroatoms.